The molecule has 3 aromatic carbocycles. The molecule has 46 heavy (non-hydrogen) atoms. The van der Waals surface area contributed by atoms with Crippen LogP contribution in [0.3, 0.4) is 0 Å². The van der Waals surface area contributed by atoms with E-state index in [1.165, 1.54) is 35.2 Å². The summed E-state index contributed by atoms with van der Waals surface area (Å²) in [5.41, 5.74) is 8.66. The maximum absolute atomic E-state index is 15.6. The molecule has 7 nitrogen and oxygen atoms in total. The van der Waals surface area contributed by atoms with Crippen LogP contribution in [0.15, 0.2) is 89.5 Å². The lowest BCUT2D eigenvalue weighted by Gasteiger charge is -2.31. The second kappa shape index (κ2) is 12.5. The van der Waals surface area contributed by atoms with Crippen molar-refractivity contribution in [3.05, 3.63) is 114 Å². The average Bonchev–Trinajstić information content (AvgIpc) is 3.46. The number of nitrogen functional groups attached to an aromatic ring is 1. The number of hydrogen-bond acceptors (Lipinski definition) is 5. The highest BCUT2D eigenvalue weighted by Crippen LogP contribution is 2.37. The van der Waals surface area contributed by atoms with E-state index in [4.69, 9.17) is 10.2 Å². The van der Waals surface area contributed by atoms with E-state index < -0.39 is 36.3 Å². The van der Waals surface area contributed by atoms with E-state index in [0.717, 1.165) is 6.07 Å². The van der Waals surface area contributed by atoms with Crippen LogP contribution < -0.4 is 11.1 Å². The van der Waals surface area contributed by atoms with Gasteiger partial charge in [-0.25, -0.2) is 22.5 Å². The van der Waals surface area contributed by atoms with Crippen molar-refractivity contribution in [3.63, 3.8) is 0 Å². The van der Waals surface area contributed by atoms with Crippen molar-refractivity contribution in [1.82, 2.24) is 15.2 Å². The number of carbonyl (C=O) groups excluding carboxylic acids is 2. The zero-order valence-electron chi connectivity index (χ0n) is 24.4. The van der Waals surface area contributed by atoms with Gasteiger partial charge in [-0.15, -0.1) is 0 Å². The Bertz CT molecular complexity index is 1940. The van der Waals surface area contributed by atoms with E-state index in [1.54, 1.807) is 54.7 Å². The van der Waals surface area contributed by atoms with Gasteiger partial charge >= 0.3 is 0 Å². The molecule has 1 saturated heterocycles. The molecule has 1 aliphatic rings. The number of halogens is 4. The Morgan fingerprint density at radius 1 is 0.935 bits per heavy atom. The largest absolute Gasteiger partial charge is 0.459 e. The summed E-state index contributed by atoms with van der Waals surface area (Å²) in [6.45, 7) is -0.150. The van der Waals surface area contributed by atoms with Crippen LogP contribution in [0.2, 0.25) is 0 Å². The third-order valence-electron chi connectivity index (χ3n) is 7.80. The zero-order chi connectivity index (χ0) is 32.4. The van der Waals surface area contributed by atoms with Gasteiger partial charge in [-0.1, -0.05) is 18.2 Å². The number of hydrogen-bond donors (Lipinski definition) is 2. The van der Waals surface area contributed by atoms with Gasteiger partial charge in [0.1, 0.15) is 28.8 Å². The number of likely N-dealkylation sites (tertiary alicyclic amines) is 1. The second-order valence-corrected chi connectivity index (χ2v) is 11.1. The minimum Gasteiger partial charge on any atom is -0.459 e. The summed E-state index contributed by atoms with van der Waals surface area (Å²) in [6, 6.07) is 18.3. The van der Waals surface area contributed by atoms with Crippen molar-refractivity contribution in [2.45, 2.75) is 25.3 Å². The molecule has 6 rings (SSSR count). The quantitative estimate of drug-likeness (QED) is 0.146. The van der Waals surface area contributed by atoms with E-state index in [-0.39, 0.29) is 36.7 Å². The molecule has 0 aliphatic carbocycles. The van der Waals surface area contributed by atoms with Crippen LogP contribution in [-0.2, 0) is 11.3 Å². The molecule has 234 valence electrons. The summed E-state index contributed by atoms with van der Waals surface area (Å²) in [7, 11) is 0. The number of piperidine rings is 1. The lowest BCUT2D eigenvalue weighted by Crippen LogP contribution is -2.42. The number of nitrogens with one attached hydrogen (secondary N) is 1. The van der Waals surface area contributed by atoms with E-state index in [2.05, 4.69) is 10.3 Å². The van der Waals surface area contributed by atoms with Crippen LogP contribution in [0.25, 0.3) is 39.3 Å². The molecular weight excluding hydrogens is 600 g/mol. The number of benzene rings is 3. The van der Waals surface area contributed by atoms with Crippen molar-refractivity contribution in [3.8, 4) is 22.3 Å². The molecule has 1 aliphatic heterocycles. The first-order valence-electron chi connectivity index (χ1n) is 14.5. The molecule has 3 heterocycles. The number of amides is 2. The number of anilines is 1. The van der Waals surface area contributed by atoms with Crippen molar-refractivity contribution in [1.29, 1.82) is 0 Å². The molecule has 1 fully saturated rings. The van der Waals surface area contributed by atoms with Crippen molar-refractivity contribution in [2.75, 3.05) is 18.8 Å². The van der Waals surface area contributed by atoms with Crippen LogP contribution in [0, 0.1) is 11.6 Å². The van der Waals surface area contributed by atoms with Crippen molar-refractivity contribution < 1.29 is 31.6 Å². The monoisotopic (exact) mass is 628 g/mol. The number of furan rings is 1. The summed E-state index contributed by atoms with van der Waals surface area (Å²) in [6.07, 6.45) is 3.63. The molecule has 0 bridgehead atoms. The van der Waals surface area contributed by atoms with Crippen LogP contribution in [0.4, 0.5) is 23.4 Å². The first-order valence-corrected chi connectivity index (χ1v) is 14.5. The maximum atomic E-state index is 15.6. The minimum absolute atomic E-state index is 0.0592. The van der Waals surface area contributed by atoms with E-state index >= 15 is 4.39 Å². The second-order valence-electron chi connectivity index (χ2n) is 11.1. The molecule has 5 aromatic rings. The average molecular weight is 629 g/mol. The fourth-order valence-corrected chi connectivity index (χ4v) is 5.32. The van der Waals surface area contributed by atoms with E-state index in [9.17, 15) is 22.8 Å². The summed E-state index contributed by atoms with van der Waals surface area (Å²) >= 11 is 0. The Hall–Kier alpha value is -5.45. The Morgan fingerprint density at radius 3 is 2.39 bits per heavy atom. The van der Waals surface area contributed by atoms with Gasteiger partial charge < -0.3 is 20.4 Å². The van der Waals surface area contributed by atoms with Gasteiger partial charge in [-0.2, -0.15) is 0 Å². The number of aromatic nitrogens is 1. The Morgan fingerprint density at radius 2 is 1.70 bits per heavy atom. The Kier molecular flexibility index (Phi) is 8.31. The fourth-order valence-electron chi connectivity index (χ4n) is 5.32. The molecular formula is C35H28F4N4O3. The number of fused-ring (bicyclic) bond motifs is 1. The molecule has 0 radical (unpaired) electrons. The zero-order valence-corrected chi connectivity index (χ0v) is 24.4. The number of rotatable bonds is 7. The van der Waals surface area contributed by atoms with Gasteiger partial charge in [0.05, 0.1) is 6.54 Å². The Labute approximate surface area is 261 Å². The van der Waals surface area contributed by atoms with Crippen LogP contribution in [0.1, 0.15) is 34.5 Å². The highest BCUT2D eigenvalue weighted by atomic mass is 19.3. The third-order valence-corrected chi connectivity index (χ3v) is 7.80. The maximum Gasteiger partial charge on any atom is 0.253 e. The first kappa shape index (κ1) is 30.6. The molecule has 11 heteroatoms. The SMILES string of the molecule is Nc1ccc(C=CC(=O)NCc2cc3cc(-c4ccc(C(=O)N5CCC(F)(F)CC5)cc4F)cc(-c4ccc(F)cc4)c3o2)cn1. The normalized spacial score (nSPS) is 14.6. The predicted molar refractivity (Wildman–Crippen MR) is 167 cm³/mol. The molecule has 3 N–H and O–H groups in total. The summed E-state index contributed by atoms with van der Waals surface area (Å²) in [5.74, 6) is -3.98. The number of carbonyl (C=O) groups is 2. The number of nitrogens with two attached hydrogens (primary N) is 1. The highest BCUT2D eigenvalue weighted by molar-refractivity contribution is 5.98. The third kappa shape index (κ3) is 6.78. The fraction of sp³-hybridized carbons (Fsp3) is 0.171. The predicted octanol–water partition coefficient (Wildman–Crippen LogP) is 7.22. The lowest BCUT2D eigenvalue weighted by atomic mass is 9.95. The highest BCUT2D eigenvalue weighted by Gasteiger charge is 2.36. The van der Waals surface area contributed by atoms with Crippen LogP contribution in [-0.4, -0.2) is 40.7 Å². The molecule has 0 atom stereocenters. The number of pyridine rings is 1. The number of alkyl halides is 2. The molecule has 2 amide bonds. The molecule has 2 aromatic heterocycles. The first-order chi connectivity index (χ1) is 22.0. The van der Waals surface area contributed by atoms with E-state index in [0.29, 0.717) is 44.8 Å². The number of nitrogens with zero attached hydrogens (tertiary/aromatic N) is 2. The Balaban J connectivity index is 1.27. The van der Waals surface area contributed by atoms with Crippen molar-refractivity contribution >= 4 is 34.7 Å². The van der Waals surface area contributed by atoms with Gasteiger partial charge in [0.2, 0.25) is 5.91 Å². The smallest absolute Gasteiger partial charge is 0.253 e. The summed E-state index contributed by atoms with van der Waals surface area (Å²) in [5, 5.41) is 3.37. The molecule has 0 spiro atoms. The molecule has 0 saturated carbocycles. The van der Waals surface area contributed by atoms with Crippen LogP contribution >= 0.6 is 0 Å². The topological polar surface area (TPSA) is 101 Å². The van der Waals surface area contributed by atoms with Gasteiger partial charge in [0, 0.05) is 60.3 Å². The van der Waals surface area contributed by atoms with Gasteiger partial charge in [-0.05, 0) is 77.4 Å². The molecule has 0 unspecified atom stereocenters. The van der Waals surface area contributed by atoms with Gasteiger partial charge in [0.15, 0.2) is 0 Å². The van der Waals surface area contributed by atoms with Gasteiger partial charge in [0.25, 0.3) is 11.8 Å². The minimum atomic E-state index is -2.81. The van der Waals surface area contributed by atoms with Crippen molar-refractivity contribution in [2.24, 2.45) is 0 Å². The summed E-state index contributed by atoms with van der Waals surface area (Å²) < 4.78 is 62.6. The summed E-state index contributed by atoms with van der Waals surface area (Å²) in [4.78, 5) is 30.7. The van der Waals surface area contributed by atoms with Crippen LogP contribution in [0.5, 0.6) is 0 Å². The standard InChI is InChI=1S/C35H28F4N4O3/c36-26-6-3-22(4-7-26)29-17-24(28-8-5-23(18-30(28)37)34(45)43-13-11-35(38,39)12-14-43)15-25-16-27(46-33(25)29)20-42-32(44)10-2-21-1-9-31(40)41-19-21/h1-10,15-19H,11-14,20H2,(H2,40,41)(H,42,44). The van der Waals surface area contributed by atoms with Gasteiger partial charge in [-0.3, -0.25) is 9.59 Å². The lowest BCUT2D eigenvalue weighted by molar-refractivity contribution is -0.116. The van der Waals surface area contributed by atoms with E-state index in [1.807, 2.05) is 0 Å².